The number of hydrogen-bond acceptors (Lipinski definition) is 2. The zero-order valence-corrected chi connectivity index (χ0v) is 8.98. The highest BCUT2D eigenvalue weighted by molar-refractivity contribution is 7.80. The zero-order valence-electron chi connectivity index (χ0n) is 7.33. The van der Waals surface area contributed by atoms with Gasteiger partial charge in [0.25, 0.3) is 0 Å². The number of halogens is 1. The number of benzene rings is 1. The van der Waals surface area contributed by atoms with Crippen LogP contribution in [0.4, 0.5) is 0 Å². The maximum absolute atomic E-state index is 6.04. The summed E-state index contributed by atoms with van der Waals surface area (Å²) in [7, 11) is 1.60. The summed E-state index contributed by atoms with van der Waals surface area (Å²) in [6, 6.07) is 5.67. The van der Waals surface area contributed by atoms with Crippen LogP contribution in [0.1, 0.15) is 5.56 Å². The first-order valence-corrected chi connectivity index (χ1v) is 4.90. The van der Waals surface area contributed by atoms with Gasteiger partial charge in [-0.1, -0.05) is 35.9 Å². The molecule has 0 bridgehead atoms. The molecule has 1 nitrogen and oxygen atoms in total. The average molecular weight is 215 g/mol. The lowest BCUT2D eigenvalue weighted by atomic mass is 10.2. The van der Waals surface area contributed by atoms with Crippen molar-refractivity contribution in [3.63, 3.8) is 0 Å². The molecule has 0 saturated heterocycles. The van der Waals surface area contributed by atoms with Gasteiger partial charge in [-0.25, -0.2) is 0 Å². The Hall–Kier alpha value is -0.600. The third-order valence-electron chi connectivity index (χ3n) is 1.62. The Balaban J connectivity index is 3.01. The van der Waals surface area contributed by atoms with Crippen molar-refractivity contribution in [2.24, 2.45) is 0 Å². The molecule has 0 atom stereocenters. The number of thiol groups is 1. The van der Waals surface area contributed by atoms with Crippen molar-refractivity contribution >= 4 is 30.3 Å². The van der Waals surface area contributed by atoms with Gasteiger partial charge in [-0.15, -0.1) is 0 Å². The smallest absolute Gasteiger partial charge is 0.138 e. The minimum Gasteiger partial charge on any atom is -0.495 e. The topological polar surface area (TPSA) is 9.23 Å². The summed E-state index contributed by atoms with van der Waals surface area (Å²) >= 11 is 10.1. The molecular formula is C10H11ClOS. The molecule has 0 unspecified atom stereocenters. The summed E-state index contributed by atoms with van der Waals surface area (Å²) in [5.41, 5.74) is 0.954. The monoisotopic (exact) mass is 214 g/mol. The first kappa shape index (κ1) is 10.5. The van der Waals surface area contributed by atoms with E-state index in [0.717, 1.165) is 5.56 Å². The van der Waals surface area contributed by atoms with Crippen LogP contribution in [0.15, 0.2) is 24.3 Å². The van der Waals surface area contributed by atoms with Gasteiger partial charge in [-0.3, -0.25) is 0 Å². The van der Waals surface area contributed by atoms with E-state index in [2.05, 4.69) is 12.6 Å². The van der Waals surface area contributed by atoms with E-state index < -0.39 is 0 Å². The van der Waals surface area contributed by atoms with Crippen molar-refractivity contribution in [3.8, 4) is 5.75 Å². The normalized spacial score (nSPS) is 10.7. The molecule has 1 aromatic carbocycles. The Morgan fingerprint density at radius 1 is 1.54 bits per heavy atom. The summed E-state index contributed by atoms with van der Waals surface area (Å²) in [5, 5.41) is 0.642. The third kappa shape index (κ3) is 2.68. The molecule has 0 spiro atoms. The van der Waals surface area contributed by atoms with Crippen LogP contribution in [-0.4, -0.2) is 12.9 Å². The SMILES string of the molecule is COc1cccc(C=CCS)c1Cl. The van der Waals surface area contributed by atoms with Gasteiger partial charge >= 0.3 is 0 Å². The molecule has 0 aliphatic carbocycles. The van der Waals surface area contributed by atoms with E-state index in [0.29, 0.717) is 16.5 Å². The van der Waals surface area contributed by atoms with E-state index >= 15 is 0 Å². The predicted molar refractivity (Wildman–Crippen MR) is 60.9 cm³/mol. The van der Waals surface area contributed by atoms with Gasteiger partial charge in [-0.05, 0) is 11.6 Å². The van der Waals surface area contributed by atoms with E-state index in [1.165, 1.54) is 0 Å². The molecule has 0 aliphatic rings. The number of ether oxygens (including phenoxy) is 1. The number of rotatable bonds is 3. The van der Waals surface area contributed by atoms with Crippen LogP contribution < -0.4 is 4.74 Å². The van der Waals surface area contributed by atoms with Gasteiger partial charge in [0.15, 0.2) is 0 Å². The van der Waals surface area contributed by atoms with E-state index in [4.69, 9.17) is 16.3 Å². The molecule has 3 heteroatoms. The highest BCUT2D eigenvalue weighted by atomic mass is 35.5. The van der Waals surface area contributed by atoms with Crippen LogP contribution >= 0.6 is 24.2 Å². The third-order valence-corrected chi connectivity index (χ3v) is 2.23. The molecule has 70 valence electrons. The van der Waals surface area contributed by atoms with Crippen LogP contribution in [0.3, 0.4) is 0 Å². The van der Waals surface area contributed by atoms with Crippen LogP contribution in [0.5, 0.6) is 5.75 Å². The molecule has 0 radical (unpaired) electrons. The molecular weight excluding hydrogens is 204 g/mol. The molecule has 13 heavy (non-hydrogen) atoms. The molecule has 1 aromatic rings. The van der Waals surface area contributed by atoms with Crippen molar-refractivity contribution in [1.29, 1.82) is 0 Å². The lowest BCUT2D eigenvalue weighted by Gasteiger charge is -2.04. The van der Waals surface area contributed by atoms with Crippen LogP contribution in [0.25, 0.3) is 6.08 Å². The zero-order chi connectivity index (χ0) is 9.68. The highest BCUT2D eigenvalue weighted by Crippen LogP contribution is 2.28. The lowest BCUT2D eigenvalue weighted by Crippen LogP contribution is -1.85. The molecule has 0 saturated carbocycles. The Labute approximate surface area is 88.8 Å². The molecule has 0 N–H and O–H groups in total. The fourth-order valence-corrected chi connectivity index (χ4v) is 1.37. The Morgan fingerprint density at radius 3 is 2.92 bits per heavy atom. The van der Waals surface area contributed by atoms with Crippen molar-refractivity contribution in [2.75, 3.05) is 12.9 Å². The van der Waals surface area contributed by atoms with Crippen LogP contribution in [0, 0.1) is 0 Å². The summed E-state index contributed by atoms with van der Waals surface area (Å²) in [5.74, 6) is 1.40. The molecule has 0 amide bonds. The van der Waals surface area contributed by atoms with Gasteiger partial charge in [0, 0.05) is 5.75 Å². The van der Waals surface area contributed by atoms with Crippen LogP contribution in [-0.2, 0) is 0 Å². The van der Waals surface area contributed by atoms with E-state index in [1.54, 1.807) is 7.11 Å². The molecule has 1 rings (SSSR count). The quantitative estimate of drug-likeness (QED) is 0.760. The second-order valence-corrected chi connectivity index (χ2v) is 3.19. The molecule has 0 heterocycles. The van der Waals surface area contributed by atoms with E-state index in [9.17, 15) is 0 Å². The van der Waals surface area contributed by atoms with Gasteiger partial charge in [-0.2, -0.15) is 12.6 Å². The minimum atomic E-state index is 0.642. The fraction of sp³-hybridized carbons (Fsp3) is 0.200. The lowest BCUT2D eigenvalue weighted by molar-refractivity contribution is 0.415. The Kier molecular flexibility index (Phi) is 4.19. The summed E-state index contributed by atoms with van der Waals surface area (Å²) < 4.78 is 5.08. The van der Waals surface area contributed by atoms with Crippen molar-refractivity contribution in [1.82, 2.24) is 0 Å². The first-order valence-electron chi connectivity index (χ1n) is 3.89. The Morgan fingerprint density at radius 2 is 2.31 bits per heavy atom. The summed E-state index contributed by atoms with van der Waals surface area (Å²) in [6.45, 7) is 0. The fourth-order valence-electron chi connectivity index (χ4n) is 0.994. The number of methoxy groups -OCH3 is 1. The standard InChI is InChI=1S/C10H11ClOS/c1-12-9-6-2-4-8(10(9)11)5-3-7-13/h2-6,13H,7H2,1H3. The predicted octanol–water partition coefficient (Wildman–Crippen LogP) is 3.29. The number of hydrogen-bond donors (Lipinski definition) is 1. The largest absolute Gasteiger partial charge is 0.495 e. The van der Waals surface area contributed by atoms with Crippen molar-refractivity contribution < 1.29 is 4.74 Å². The van der Waals surface area contributed by atoms with E-state index in [-0.39, 0.29) is 0 Å². The van der Waals surface area contributed by atoms with Gasteiger partial charge in [0.05, 0.1) is 12.1 Å². The van der Waals surface area contributed by atoms with Crippen molar-refractivity contribution in [2.45, 2.75) is 0 Å². The van der Waals surface area contributed by atoms with E-state index in [1.807, 2.05) is 30.4 Å². The van der Waals surface area contributed by atoms with Gasteiger partial charge in [0.2, 0.25) is 0 Å². The summed E-state index contributed by atoms with van der Waals surface area (Å²) in [4.78, 5) is 0. The minimum absolute atomic E-state index is 0.642. The second-order valence-electron chi connectivity index (χ2n) is 2.45. The molecule has 0 aromatic heterocycles. The molecule has 0 fully saturated rings. The first-order chi connectivity index (χ1) is 6.29. The van der Waals surface area contributed by atoms with Crippen molar-refractivity contribution in [3.05, 3.63) is 34.9 Å². The average Bonchev–Trinajstić information content (AvgIpc) is 2.16. The maximum atomic E-state index is 6.04. The Bertz CT molecular complexity index is 310. The van der Waals surface area contributed by atoms with Gasteiger partial charge in [0.1, 0.15) is 5.75 Å². The second kappa shape index (κ2) is 5.20. The maximum Gasteiger partial charge on any atom is 0.138 e. The van der Waals surface area contributed by atoms with Crippen LogP contribution in [0.2, 0.25) is 5.02 Å². The van der Waals surface area contributed by atoms with Gasteiger partial charge < -0.3 is 4.74 Å². The summed E-state index contributed by atoms with van der Waals surface area (Å²) in [6.07, 6.45) is 3.86. The highest BCUT2D eigenvalue weighted by Gasteiger charge is 2.02. The molecule has 0 aliphatic heterocycles.